The summed E-state index contributed by atoms with van der Waals surface area (Å²) in [6.07, 6.45) is -0.0170. The summed E-state index contributed by atoms with van der Waals surface area (Å²) in [6, 6.07) is 7.93. The standard InChI is InChI=1S/C12H10BrNO4S/c1-19(17,18)8-3-4-9-7(6-8)2-5-10(11(9)13)14-12(15)16/h2-6,14H,1H3,(H,15,16). The van der Waals surface area contributed by atoms with Crippen LogP contribution in [0.3, 0.4) is 0 Å². The summed E-state index contributed by atoms with van der Waals surface area (Å²) in [5.41, 5.74) is 0.409. The lowest BCUT2D eigenvalue weighted by Crippen LogP contribution is -2.07. The van der Waals surface area contributed by atoms with Gasteiger partial charge >= 0.3 is 6.09 Å². The molecule has 0 spiro atoms. The quantitative estimate of drug-likeness (QED) is 0.877. The van der Waals surface area contributed by atoms with Crippen molar-refractivity contribution < 1.29 is 18.3 Å². The maximum atomic E-state index is 11.5. The second kappa shape index (κ2) is 4.82. The first-order chi connectivity index (χ1) is 8.79. The summed E-state index contributed by atoms with van der Waals surface area (Å²) in [5.74, 6) is 0. The summed E-state index contributed by atoms with van der Waals surface area (Å²) >= 11 is 3.31. The van der Waals surface area contributed by atoms with Crippen LogP contribution in [0.1, 0.15) is 0 Å². The molecule has 19 heavy (non-hydrogen) atoms. The van der Waals surface area contributed by atoms with E-state index in [0.717, 1.165) is 11.6 Å². The molecule has 0 fully saturated rings. The number of halogens is 1. The van der Waals surface area contributed by atoms with Crippen LogP contribution < -0.4 is 5.32 Å². The van der Waals surface area contributed by atoms with E-state index in [1.165, 1.54) is 6.07 Å². The highest BCUT2D eigenvalue weighted by molar-refractivity contribution is 9.10. The molecule has 2 aromatic rings. The zero-order valence-electron chi connectivity index (χ0n) is 9.84. The fourth-order valence-electron chi connectivity index (χ4n) is 1.71. The van der Waals surface area contributed by atoms with E-state index in [9.17, 15) is 13.2 Å². The van der Waals surface area contributed by atoms with Gasteiger partial charge < -0.3 is 5.11 Å². The van der Waals surface area contributed by atoms with Gasteiger partial charge in [-0.2, -0.15) is 0 Å². The molecule has 0 aliphatic heterocycles. The molecule has 0 saturated carbocycles. The van der Waals surface area contributed by atoms with Crippen molar-refractivity contribution in [2.45, 2.75) is 4.90 Å². The van der Waals surface area contributed by atoms with E-state index in [-0.39, 0.29) is 4.90 Å². The van der Waals surface area contributed by atoms with Gasteiger partial charge in [-0.15, -0.1) is 0 Å². The number of rotatable bonds is 2. The molecule has 1 amide bonds. The zero-order valence-corrected chi connectivity index (χ0v) is 12.2. The Balaban J connectivity index is 2.63. The zero-order chi connectivity index (χ0) is 14.2. The fourth-order valence-corrected chi connectivity index (χ4v) is 2.96. The average molecular weight is 344 g/mol. The highest BCUT2D eigenvalue weighted by Gasteiger charge is 2.11. The normalized spacial score (nSPS) is 11.5. The molecule has 5 nitrogen and oxygen atoms in total. The predicted octanol–water partition coefficient (Wildman–Crippen LogP) is 3.10. The van der Waals surface area contributed by atoms with Crippen molar-refractivity contribution in [1.82, 2.24) is 0 Å². The van der Waals surface area contributed by atoms with Crippen LogP contribution >= 0.6 is 15.9 Å². The molecular weight excluding hydrogens is 334 g/mol. The average Bonchev–Trinajstić information content (AvgIpc) is 2.31. The predicted molar refractivity (Wildman–Crippen MR) is 76.4 cm³/mol. The Labute approximate surface area is 118 Å². The number of carbonyl (C=O) groups is 1. The first-order valence-corrected chi connectivity index (χ1v) is 7.90. The highest BCUT2D eigenvalue weighted by atomic mass is 79.9. The summed E-state index contributed by atoms with van der Waals surface area (Å²) in [5, 5.41) is 12.4. The molecule has 2 rings (SSSR count). The minimum Gasteiger partial charge on any atom is -0.465 e. The van der Waals surface area contributed by atoms with Gasteiger partial charge in [0.2, 0.25) is 0 Å². The van der Waals surface area contributed by atoms with Gasteiger partial charge in [0.1, 0.15) is 0 Å². The maximum absolute atomic E-state index is 11.5. The third-order valence-electron chi connectivity index (χ3n) is 2.60. The number of hydrogen-bond donors (Lipinski definition) is 2. The van der Waals surface area contributed by atoms with E-state index in [0.29, 0.717) is 15.5 Å². The van der Waals surface area contributed by atoms with Crippen molar-refractivity contribution in [3.63, 3.8) is 0 Å². The molecule has 7 heteroatoms. The lowest BCUT2D eigenvalue weighted by molar-refractivity contribution is 0.209. The van der Waals surface area contributed by atoms with Crippen LogP contribution in [0, 0.1) is 0 Å². The fraction of sp³-hybridized carbons (Fsp3) is 0.0833. The van der Waals surface area contributed by atoms with Crippen molar-refractivity contribution in [2.75, 3.05) is 11.6 Å². The Kier molecular flexibility index (Phi) is 3.51. The minimum atomic E-state index is -3.26. The monoisotopic (exact) mass is 343 g/mol. The Bertz CT molecular complexity index is 771. The van der Waals surface area contributed by atoms with Crippen molar-refractivity contribution in [1.29, 1.82) is 0 Å². The van der Waals surface area contributed by atoms with E-state index in [2.05, 4.69) is 21.2 Å². The van der Waals surface area contributed by atoms with E-state index >= 15 is 0 Å². The summed E-state index contributed by atoms with van der Waals surface area (Å²) < 4.78 is 23.5. The molecule has 0 saturated heterocycles. The van der Waals surface area contributed by atoms with Crippen LogP contribution in [-0.4, -0.2) is 25.9 Å². The number of anilines is 1. The number of carboxylic acid groups (broad SMARTS) is 1. The van der Waals surface area contributed by atoms with E-state index < -0.39 is 15.9 Å². The summed E-state index contributed by atoms with van der Waals surface area (Å²) in [4.78, 5) is 10.9. The molecule has 0 heterocycles. The number of sulfone groups is 1. The van der Waals surface area contributed by atoms with Crippen molar-refractivity contribution in [3.8, 4) is 0 Å². The summed E-state index contributed by atoms with van der Waals surface area (Å²) in [7, 11) is -3.26. The molecule has 0 aliphatic carbocycles. The number of amides is 1. The van der Waals surface area contributed by atoms with Crippen LogP contribution in [0.15, 0.2) is 39.7 Å². The van der Waals surface area contributed by atoms with Gasteiger partial charge in [-0.25, -0.2) is 13.2 Å². The molecule has 100 valence electrons. The third-order valence-corrected chi connectivity index (χ3v) is 4.56. The number of hydrogen-bond acceptors (Lipinski definition) is 3. The van der Waals surface area contributed by atoms with Crippen LogP contribution in [0.5, 0.6) is 0 Å². The topological polar surface area (TPSA) is 83.5 Å². The van der Waals surface area contributed by atoms with Gasteiger partial charge in [-0.05, 0) is 44.9 Å². The molecule has 0 bridgehead atoms. The van der Waals surface area contributed by atoms with E-state index in [1.54, 1.807) is 24.3 Å². The van der Waals surface area contributed by atoms with Gasteiger partial charge in [-0.3, -0.25) is 5.32 Å². The van der Waals surface area contributed by atoms with Gasteiger partial charge in [0.05, 0.1) is 10.6 Å². The maximum Gasteiger partial charge on any atom is 0.409 e. The molecule has 0 atom stereocenters. The van der Waals surface area contributed by atoms with Crippen LogP contribution in [0.2, 0.25) is 0 Å². The SMILES string of the molecule is CS(=O)(=O)c1ccc2c(Br)c(NC(=O)O)ccc2c1. The highest BCUT2D eigenvalue weighted by Crippen LogP contribution is 2.32. The second-order valence-corrected chi connectivity index (χ2v) is 6.82. The first kappa shape index (κ1) is 13.8. The number of nitrogens with one attached hydrogen (secondary N) is 1. The Morgan fingerprint density at radius 3 is 2.53 bits per heavy atom. The molecule has 0 unspecified atom stereocenters. The smallest absolute Gasteiger partial charge is 0.409 e. The van der Waals surface area contributed by atoms with Gasteiger partial charge in [0, 0.05) is 10.7 Å². The molecule has 0 aliphatic rings. The van der Waals surface area contributed by atoms with E-state index in [4.69, 9.17) is 5.11 Å². The largest absolute Gasteiger partial charge is 0.465 e. The Morgan fingerprint density at radius 1 is 1.26 bits per heavy atom. The van der Waals surface area contributed by atoms with Gasteiger partial charge in [0.25, 0.3) is 0 Å². The molecule has 0 aromatic heterocycles. The lowest BCUT2D eigenvalue weighted by atomic mass is 10.1. The van der Waals surface area contributed by atoms with E-state index in [1.807, 2.05) is 0 Å². The van der Waals surface area contributed by atoms with Crippen LogP contribution in [0.4, 0.5) is 10.5 Å². The third kappa shape index (κ3) is 2.87. The van der Waals surface area contributed by atoms with Gasteiger partial charge in [-0.1, -0.05) is 12.1 Å². The Morgan fingerprint density at radius 2 is 1.95 bits per heavy atom. The molecule has 0 radical (unpaired) electrons. The van der Waals surface area contributed by atoms with Crippen molar-refractivity contribution in [2.24, 2.45) is 0 Å². The molecule has 2 aromatic carbocycles. The van der Waals surface area contributed by atoms with Crippen LogP contribution in [-0.2, 0) is 9.84 Å². The first-order valence-electron chi connectivity index (χ1n) is 5.21. The van der Waals surface area contributed by atoms with Gasteiger partial charge in [0.15, 0.2) is 9.84 Å². The molecule has 2 N–H and O–H groups in total. The van der Waals surface area contributed by atoms with Crippen molar-refractivity contribution >= 4 is 48.3 Å². The number of fused-ring (bicyclic) bond motifs is 1. The number of benzene rings is 2. The summed E-state index contributed by atoms with van der Waals surface area (Å²) in [6.45, 7) is 0. The Hall–Kier alpha value is -1.60. The molecular formula is C12H10BrNO4S. The second-order valence-electron chi connectivity index (χ2n) is 4.01. The van der Waals surface area contributed by atoms with Crippen LogP contribution in [0.25, 0.3) is 10.8 Å². The van der Waals surface area contributed by atoms with Crippen molar-refractivity contribution in [3.05, 3.63) is 34.8 Å². The minimum absolute atomic E-state index is 0.228. The lowest BCUT2D eigenvalue weighted by Gasteiger charge is -2.08.